The highest BCUT2D eigenvalue weighted by molar-refractivity contribution is 5.94. The number of likely N-dealkylation sites (tertiary alicyclic amines) is 2. The van der Waals surface area contributed by atoms with E-state index < -0.39 is 0 Å². The predicted molar refractivity (Wildman–Crippen MR) is 102 cm³/mol. The highest BCUT2D eigenvalue weighted by atomic mass is 16.2. The molecule has 0 unspecified atom stereocenters. The first kappa shape index (κ1) is 18.2. The summed E-state index contributed by atoms with van der Waals surface area (Å²) in [6.07, 6.45) is 6.64. The molecule has 2 fully saturated rings. The second kappa shape index (κ2) is 8.17. The maximum Gasteiger partial charge on any atom is 0.255 e. The summed E-state index contributed by atoms with van der Waals surface area (Å²) in [7, 11) is 3.91. The maximum absolute atomic E-state index is 12.7. The Morgan fingerprint density at radius 3 is 2.36 bits per heavy atom. The lowest BCUT2D eigenvalue weighted by Crippen LogP contribution is -2.43. The fraction of sp³-hybridized carbons (Fsp3) is 0.700. The normalized spacial score (nSPS) is 20.7. The van der Waals surface area contributed by atoms with Crippen molar-refractivity contribution in [1.29, 1.82) is 0 Å². The second-order valence-electron chi connectivity index (χ2n) is 8.02. The van der Waals surface area contributed by atoms with Gasteiger partial charge in [0.05, 0.1) is 5.56 Å². The molecule has 138 valence electrons. The minimum absolute atomic E-state index is 0.128. The fourth-order valence-electron chi connectivity index (χ4n) is 3.89. The first-order valence-electron chi connectivity index (χ1n) is 9.68. The van der Waals surface area contributed by atoms with Gasteiger partial charge in [-0.2, -0.15) is 0 Å². The van der Waals surface area contributed by atoms with Crippen LogP contribution in [0.3, 0.4) is 0 Å². The van der Waals surface area contributed by atoms with Gasteiger partial charge in [-0.1, -0.05) is 6.92 Å². The van der Waals surface area contributed by atoms with E-state index in [2.05, 4.69) is 16.8 Å². The highest BCUT2D eigenvalue weighted by Crippen LogP contribution is 2.23. The summed E-state index contributed by atoms with van der Waals surface area (Å²) in [5, 5.41) is 0. The summed E-state index contributed by atoms with van der Waals surface area (Å²) >= 11 is 0. The average molecular weight is 345 g/mol. The molecule has 3 heterocycles. The van der Waals surface area contributed by atoms with E-state index >= 15 is 0 Å². The van der Waals surface area contributed by atoms with Gasteiger partial charge < -0.3 is 14.7 Å². The second-order valence-corrected chi connectivity index (χ2v) is 8.02. The number of carbonyl (C=O) groups is 1. The molecule has 0 radical (unpaired) electrons. The Balaban J connectivity index is 1.47. The third-order valence-electron chi connectivity index (χ3n) is 5.75. The van der Waals surface area contributed by atoms with Gasteiger partial charge in [0.1, 0.15) is 5.82 Å². The first-order valence-corrected chi connectivity index (χ1v) is 9.68. The molecule has 0 aromatic carbocycles. The zero-order valence-electron chi connectivity index (χ0n) is 15.9. The molecular formula is C20H32N4O. The Morgan fingerprint density at radius 2 is 1.80 bits per heavy atom. The fourth-order valence-corrected chi connectivity index (χ4v) is 3.89. The molecule has 0 bridgehead atoms. The van der Waals surface area contributed by atoms with Crippen molar-refractivity contribution in [3.63, 3.8) is 0 Å². The standard InChI is InChI=1S/C20H32N4O/c1-16-6-10-23(11-7-16)15-17-8-12-24(13-9-17)20(25)18-4-5-19(21-14-18)22(2)3/h4-5,14,16-17H,6-13,15H2,1-3H3. The van der Waals surface area contributed by atoms with Crippen LogP contribution in [0.5, 0.6) is 0 Å². The molecule has 0 aliphatic carbocycles. The van der Waals surface area contributed by atoms with Crippen LogP contribution in [0.15, 0.2) is 18.3 Å². The summed E-state index contributed by atoms with van der Waals surface area (Å²) < 4.78 is 0. The Morgan fingerprint density at radius 1 is 1.12 bits per heavy atom. The molecular weight excluding hydrogens is 312 g/mol. The van der Waals surface area contributed by atoms with Crippen molar-refractivity contribution in [2.24, 2.45) is 11.8 Å². The lowest BCUT2D eigenvalue weighted by molar-refractivity contribution is 0.0653. The van der Waals surface area contributed by atoms with Crippen molar-refractivity contribution in [2.45, 2.75) is 32.6 Å². The van der Waals surface area contributed by atoms with Crippen molar-refractivity contribution in [1.82, 2.24) is 14.8 Å². The van der Waals surface area contributed by atoms with Crippen LogP contribution in [0.1, 0.15) is 43.0 Å². The molecule has 1 aromatic rings. The van der Waals surface area contributed by atoms with E-state index in [0.29, 0.717) is 5.56 Å². The van der Waals surface area contributed by atoms with Crippen LogP contribution in [0.25, 0.3) is 0 Å². The number of carbonyl (C=O) groups excluding carboxylic acids is 1. The number of pyridine rings is 1. The predicted octanol–water partition coefficient (Wildman–Crippen LogP) is 2.73. The Kier molecular flexibility index (Phi) is 5.94. The number of hydrogen-bond donors (Lipinski definition) is 0. The molecule has 0 N–H and O–H groups in total. The van der Waals surface area contributed by atoms with E-state index in [-0.39, 0.29) is 5.91 Å². The Bertz CT molecular complexity index is 556. The van der Waals surface area contributed by atoms with Crippen LogP contribution < -0.4 is 4.90 Å². The third kappa shape index (κ3) is 4.72. The molecule has 2 aliphatic rings. The van der Waals surface area contributed by atoms with Crippen LogP contribution in [0.2, 0.25) is 0 Å². The van der Waals surface area contributed by atoms with Gasteiger partial charge in [-0.25, -0.2) is 4.98 Å². The SMILES string of the molecule is CC1CCN(CC2CCN(C(=O)c3ccc(N(C)C)nc3)CC2)CC1. The molecule has 25 heavy (non-hydrogen) atoms. The number of piperidine rings is 2. The van der Waals surface area contributed by atoms with Crippen molar-refractivity contribution in [2.75, 3.05) is 51.7 Å². The number of aromatic nitrogens is 1. The summed E-state index contributed by atoms with van der Waals surface area (Å²) in [5.41, 5.74) is 0.703. The number of nitrogens with zero attached hydrogens (tertiary/aromatic N) is 4. The molecule has 5 nitrogen and oxygen atoms in total. The highest BCUT2D eigenvalue weighted by Gasteiger charge is 2.26. The van der Waals surface area contributed by atoms with Gasteiger partial charge in [0.15, 0.2) is 0 Å². The number of rotatable bonds is 4. The van der Waals surface area contributed by atoms with Crippen LogP contribution in [-0.4, -0.2) is 67.5 Å². The Labute approximate surface area is 152 Å². The van der Waals surface area contributed by atoms with Crippen molar-refractivity contribution in [3.8, 4) is 0 Å². The molecule has 3 rings (SSSR count). The molecule has 2 saturated heterocycles. The van der Waals surface area contributed by atoms with Gasteiger partial charge in [0.25, 0.3) is 5.91 Å². The summed E-state index contributed by atoms with van der Waals surface area (Å²) in [6.45, 7) is 7.84. The van der Waals surface area contributed by atoms with Crippen molar-refractivity contribution >= 4 is 11.7 Å². The number of amides is 1. The summed E-state index contributed by atoms with van der Waals surface area (Å²) in [4.78, 5) is 23.6. The van der Waals surface area contributed by atoms with Crippen molar-refractivity contribution in [3.05, 3.63) is 23.9 Å². The smallest absolute Gasteiger partial charge is 0.255 e. The van der Waals surface area contributed by atoms with Gasteiger partial charge in [-0.15, -0.1) is 0 Å². The van der Waals surface area contributed by atoms with Crippen LogP contribution in [0, 0.1) is 11.8 Å². The van der Waals surface area contributed by atoms with Crippen LogP contribution >= 0.6 is 0 Å². The van der Waals surface area contributed by atoms with Crippen molar-refractivity contribution < 1.29 is 4.79 Å². The lowest BCUT2D eigenvalue weighted by Gasteiger charge is -2.37. The zero-order valence-corrected chi connectivity index (χ0v) is 15.9. The number of hydrogen-bond acceptors (Lipinski definition) is 4. The average Bonchev–Trinajstić information content (AvgIpc) is 2.64. The number of anilines is 1. The van der Waals surface area contributed by atoms with Crippen LogP contribution in [-0.2, 0) is 0 Å². The summed E-state index contributed by atoms with van der Waals surface area (Å²) in [5.74, 6) is 2.64. The van der Waals surface area contributed by atoms with E-state index in [1.807, 2.05) is 36.0 Å². The molecule has 0 atom stereocenters. The molecule has 1 amide bonds. The first-order chi connectivity index (χ1) is 12.0. The Hall–Kier alpha value is -1.62. The van der Waals surface area contributed by atoms with Gasteiger partial charge >= 0.3 is 0 Å². The monoisotopic (exact) mass is 344 g/mol. The van der Waals surface area contributed by atoms with E-state index in [1.54, 1.807) is 6.20 Å². The minimum atomic E-state index is 0.128. The quantitative estimate of drug-likeness (QED) is 0.842. The lowest BCUT2D eigenvalue weighted by atomic mass is 9.93. The largest absolute Gasteiger partial charge is 0.363 e. The maximum atomic E-state index is 12.7. The summed E-state index contributed by atoms with van der Waals surface area (Å²) in [6, 6.07) is 3.81. The van der Waals surface area contributed by atoms with Crippen LogP contribution in [0.4, 0.5) is 5.82 Å². The van der Waals surface area contributed by atoms with E-state index in [4.69, 9.17) is 0 Å². The molecule has 2 aliphatic heterocycles. The van der Waals surface area contributed by atoms with Gasteiger partial charge in [0, 0.05) is 39.9 Å². The molecule has 1 aromatic heterocycles. The minimum Gasteiger partial charge on any atom is -0.363 e. The van der Waals surface area contributed by atoms with E-state index in [1.165, 1.54) is 32.5 Å². The van der Waals surface area contributed by atoms with Gasteiger partial charge in [0.2, 0.25) is 0 Å². The third-order valence-corrected chi connectivity index (χ3v) is 5.75. The van der Waals surface area contributed by atoms with E-state index in [9.17, 15) is 4.79 Å². The van der Waals surface area contributed by atoms with E-state index in [0.717, 1.165) is 43.6 Å². The molecule has 5 heteroatoms. The topological polar surface area (TPSA) is 39.7 Å². The molecule has 0 saturated carbocycles. The van der Waals surface area contributed by atoms with Gasteiger partial charge in [-0.3, -0.25) is 4.79 Å². The van der Waals surface area contributed by atoms with Gasteiger partial charge in [-0.05, 0) is 62.7 Å². The zero-order chi connectivity index (χ0) is 17.8. The molecule has 0 spiro atoms.